The molecular formula is C21H19N3S. The van der Waals surface area contributed by atoms with E-state index in [1.54, 1.807) is 11.3 Å². The molecule has 0 bridgehead atoms. The second-order valence-corrected chi connectivity index (χ2v) is 7.24. The molecule has 4 aromatic rings. The molecule has 0 aliphatic heterocycles. The Hall–Kier alpha value is -2.72. The summed E-state index contributed by atoms with van der Waals surface area (Å²) in [5.41, 5.74) is 4.62. The molecule has 3 nitrogen and oxygen atoms in total. The van der Waals surface area contributed by atoms with Crippen molar-refractivity contribution in [1.29, 1.82) is 0 Å². The lowest BCUT2D eigenvalue weighted by Crippen LogP contribution is -2.08. The van der Waals surface area contributed by atoms with E-state index in [1.165, 1.54) is 26.6 Å². The van der Waals surface area contributed by atoms with E-state index in [2.05, 4.69) is 73.5 Å². The highest BCUT2D eigenvalue weighted by Gasteiger charge is 2.10. The second-order valence-electron chi connectivity index (χ2n) is 6.26. The first-order valence-electron chi connectivity index (χ1n) is 8.25. The summed E-state index contributed by atoms with van der Waals surface area (Å²) in [6.07, 6.45) is 1.91. The van der Waals surface area contributed by atoms with Crippen molar-refractivity contribution < 1.29 is 0 Å². The Morgan fingerprint density at radius 3 is 2.76 bits per heavy atom. The Morgan fingerprint density at radius 1 is 1.04 bits per heavy atom. The monoisotopic (exact) mass is 345 g/mol. The number of aryl methyl sites for hydroxylation is 2. The maximum atomic E-state index is 4.75. The molecule has 124 valence electrons. The summed E-state index contributed by atoms with van der Waals surface area (Å²) < 4.78 is 1.21. The van der Waals surface area contributed by atoms with Gasteiger partial charge in [0, 0.05) is 12.4 Å². The predicted octanol–water partition coefficient (Wildman–Crippen LogP) is 5.54. The van der Waals surface area contributed by atoms with Crippen LogP contribution in [0.15, 0.2) is 59.7 Å². The molecule has 0 spiro atoms. The average Bonchev–Trinajstić information content (AvgIpc) is 3.07. The van der Waals surface area contributed by atoms with Crippen LogP contribution in [0.1, 0.15) is 16.7 Å². The van der Waals surface area contributed by atoms with Crippen LogP contribution >= 0.6 is 11.3 Å². The zero-order valence-electron chi connectivity index (χ0n) is 14.5. The smallest absolute Gasteiger partial charge is 0.206 e. The third-order valence-corrected chi connectivity index (χ3v) is 5.52. The molecule has 0 radical (unpaired) electrons. The molecule has 1 aromatic heterocycles. The molecule has 4 heteroatoms. The highest BCUT2D eigenvalue weighted by atomic mass is 32.1. The number of hydrazone groups is 1. The predicted molar refractivity (Wildman–Crippen MR) is 109 cm³/mol. The summed E-state index contributed by atoms with van der Waals surface area (Å²) >= 11 is 1.68. The number of rotatable bonds is 3. The molecule has 0 fully saturated rings. The molecule has 25 heavy (non-hydrogen) atoms. The van der Waals surface area contributed by atoms with Gasteiger partial charge in [-0.1, -0.05) is 65.4 Å². The highest BCUT2D eigenvalue weighted by Crippen LogP contribution is 2.34. The van der Waals surface area contributed by atoms with Crippen LogP contribution in [0.2, 0.25) is 0 Å². The zero-order valence-corrected chi connectivity index (χ0v) is 15.3. The Kier molecular flexibility index (Phi) is 3.98. The molecule has 0 atom stereocenters. The van der Waals surface area contributed by atoms with Crippen molar-refractivity contribution in [2.75, 3.05) is 12.1 Å². The number of benzene rings is 3. The van der Waals surface area contributed by atoms with Gasteiger partial charge in [0.05, 0.1) is 16.4 Å². The van der Waals surface area contributed by atoms with E-state index >= 15 is 0 Å². The van der Waals surface area contributed by atoms with Crippen molar-refractivity contribution in [2.45, 2.75) is 13.8 Å². The standard InChI is InChI=1S/C21H19N3S/c1-14-8-9-15(2)17(12-14)13-22-24(3)21-23-19-11-10-16-6-4-5-7-18(16)20(19)25-21/h4-13H,1-3H3. The minimum atomic E-state index is 0.896. The summed E-state index contributed by atoms with van der Waals surface area (Å²) in [6.45, 7) is 4.20. The molecule has 0 aliphatic carbocycles. The molecule has 0 aliphatic rings. The van der Waals surface area contributed by atoms with Crippen LogP contribution in [0.5, 0.6) is 0 Å². The number of thiazole rings is 1. The lowest BCUT2D eigenvalue weighted by molar-refractivity contribution is 1.01. The molecule has 3 aromatic carbocycles. The van der Waals surface area contributed by atoms with Gasteiger partial charge in [0.1, 0.15) is 0 Å². The molecule has 0 unspecified atom stereocenters. The van der Waals surface area contributed by atoms with E-state index in [0.717, 1.165) is 16.2 Å². The van der Waals surface area contributed by atoms with E-state index in [4.69, 9.17) is 4.98 Å². The van der Waals surface area contributed by atoms with E-state index in [9.17, 15) is 0 Å². The summed E-state index contributed by atoms with van der Waals surface area (Å²) in [7, 11) is 1.95. The summed E-state index contributed by atoms with van der Waals surface area (Å²) in [5, 5.41) is 9.83. The van der Waals surface area contributed by atoms with Crippen molar-refractivity contribution in [2.24, 2.45) is 5.10 Å². The topological polar surface area (TPSA) is 28.5 Å². The largest absolute Gasteiger partial charge is 0.242 e. The number of anilines is 1. The van der Waals surface area contributed by atoms with Gasteiger partial charge in [0.2, 0.25) is 5.13 Å². The van der Waals surface area contributed by atoms with Crippen molar-refractivity contribution >= 4 is 43.7 Å². The van der Waals surface area contributed by atoms with Crippen molar-refractivity contribution in [3.8, 4) is 0 Å². The van der Waals surface area contributed by atoms with Crippen molar-refractivity contribution in [3.05, 3.63) is 71.3 Å². The third-order valence-electron chi connectivity index (χ3n) is 4.35. The van der Waals surface area contributed by atoms with Gasteiger partial charge in [-0.2, -0.15) is 5.10 Å². The Balaban J connectivity index is 1.70. The minimum absolute atomic E-state index is 0.896. The zero-order chi connectivity index (χ0) is 17.4. The summed E-state index contributed by atoms with van der Waals surface area (Å²) in [4.78, 5) is 4.75. The van der Waals surface area contributed by atoms with E-state index in [-0.39, 0.29) is 0 Å². The van der Waals surface area contributed by atoms with Crippen LogP contribution in [-0.4, -0.2) is 18.2 Å². The number of hydrogen-bond donors (Lipinski definition) is 0. The molecule has 1 heterocycles. The van der Waals surface area contributed by atoms with Gasteiger partial charge in [0.15, 0.2) is 0 Å². The molecule has 0 N–H and O–H groups in total. The SMILES string of the molecule is Cc1ccc(C)c(C=NN(C)c2nc3ccc4ccccc4c3s2)c1. The Morgan fingerprint density at radius 2 is 1.88 bits per heavy atom. The first kappa shape index (κ1) is 15.8. The molecule has 0 amide bonds. The first-order chi connectivity index (χ1) is 12.1. The van der Waals surface area contributed by atoms with Crippen LogP contribution in [0.3, 0.4) is 0 Å². The fourth-order valence-electron chi connectivity index (χ4n) is 2.88. The quantitative estimate of drug-likeness (QED) is 0.360. The highest BCUT2D eigenvalue weighted by molar-refractivity contribution is 7.23. The normalized spacial score (nSPS) is 11.6. The molecule has 0 saturated heterocycles. The van der Waals surface area contributed by atoms with Gasteiger partial charge < -0.3 is 0 Å². The van der Waals surface area contributed by atoms with Crippen molar-refractivity contribution in [3.63, 3.8) is 0 Å². The van der Waals surface area contributed by atoms with Crippen LogP contribution < -0.4 is 5.01 Å². The number of hydrogen-bond acceptors (Lipinski definition) is 4. The lowest BCUT2D eigenvalue weighted by atomic mass is 10.1. The van der Waals surface area contributed by atoms with Crippen LogP contribution in [0, 0.1) is 13.8 Å². The first-order valence-corrected chi connectivity index (χ1v) is 9.07. The lowest BCUT2D eigenvalue weighted by Gasteiger charge is -2.08. The number of nitrogens with zero attached hydrogens (tertiary/aromatic N) is 3. The summed E-state index contributed by atoms with van der Waals surface area (Å²) in [6, 6.07) is 19.0. The fourth-order valence-corrected chi connectivity index (χ4v) is 3.90. The van der Waals surface area contributed by atoms with Gasteiger partial charge in [-0.25, -0.2) is 9.99 Å². The van der Waals surface area contributed by atoms with Crippen LogP contribution in [-0.2, 0) is 0 Å². The maximum Gasteiger partial charge on any atom is 0.206 e. The average molecular weight is 345 g/mol. The molecular weight excluding hydrogens is 326 g/mol. The number of fused-ring (bicyclic) bond motifs is 3. The van der Waals surface area contributed by atoms with Crippen LogP contribution in [0.25, 0.3) is 21.0 Å². The van der Waals surface area contributed by atoms with E-state index < -0.39 is 0 Å². The Labute approximate surface area is 151 Å². The van der Waals surface area contributed by atoms with Gasteiger partial charge in [0.25, 0.3) is 0 Å². The summed E-state index contributed by atoms with van der Waals surface area (Å²) in [5.74, 6) is 0. The van der Waals surface area contributed by atoms with E-state index in [0.29, 0.717) is 0 Å². The number of aromatic nitrogens is 1. The van der Waals surface area contributed by atoms with Crippen LogP contribution in [0.4, 0.5) is 5.13 Å². The van der Waals surface area contributed by atoms with E-state index in [1.807, 2.05) is 18.3 Å². The maximum absolute atomic E-state index is 4.75. The van der Waals surface area contributed by atoms with Gasteiger partial charge >= 0.3 is 0 Å². The molecule has 4 rings (SSSR count). The second kappa shape index (κ2) is 6.30. The fraction of sp³-hybridized carbons (Fsp3) is 0.143. The Bertz CT molecular complexity index is 1090. The molecule has 0 saturated carbocycles. The third kappa shape index (κ3) is 3.01. The van der Waals surface area contributed by atoms with Gasteiger partial charge in [-0.05, 0) is 36.4 Å². The van der Waals surface area contributed by atoms with Gasteiger partial charge in [-0.3, -0.25) is 0 Å². The van der Waals surface area contributed by atoms with Gasteiger partial charge in [-0.15, -0.1) is 0 Å². The minimum Gasteiger partial charge on any atom is -0.242 e. The van der Waals surface area contributed by atoms with Crippen molar-refractivity contribution in [1.82, 2.24) is 4.98 Å².